The van der Waals surface area contributed by atoms with Gasteiger partial charge in [-0.1, -0.05) is 12.1 Å². The number of aromatic nitrogens is 5. The Labute approximate surface area is 141 Å². The third kappa shape index (κ3) is 2.80. The second-order valence-electron chi connectivity index (χ2n) is 5.16. The number of nitrogens with one attached hydrogen (secondary N) is 1. The normalized spacial score (nSPS) is 10.8. The predicted octanol–water partition coefficient (Wildman–Crippen LogP) is 2.58. The SMILES string of the molecule is O=C(Nc1cnc2ccc(-c3ccccc3F)nn12)c1ccncn1. The van der Waals surface area contributed by atoms with Crippen molar-refractivity contribution < 1.29 is 9.18 Å². The second kappa shape index (κ2) is 6.08. The number of amides is 1. The summed E-state index contributed by atoms with van der Waals surface area (Å²) in [7, 11) is 0. The van der Waals surface area contributed by atoms with E-state index in [0.29, 0.717) is 22.7 Å². The minimum absolute atomic E-state index is 0.218. The smallest absolute Gasteiger partial charge is 0.275 e. The molecule has 0 radical (unpaired) electrons. The molecule has 3 aromatic heterocycles. The maximum Gasteiger partial charge on any atom is 0.275 e. The van der Waals surface area contributed by atoms with Gasteiger partial charge in [0.1, 0.15) is 17.8 Å². The van der Waals surface area contributed by atoms with E-state index >= 15 is 0 Å². The predicted molar refractivity (Wildman–Crippen MR) is 88.4 cm³/mol. The molecule has 4 rings (SSSR count). The Balaban J connectivity index is 1.72. The number of hydrogen-bond acceptors (Lipinski definition) is 5. The van der Waals surface area contributed by atoms with Crippen LogP contribution in [0.1, 0.15) is 10.5 Å². The first-order valence-electron chi connectivity index (χ1n) is 7.39. The Morgan fingerprint density at radius 3 is 2.76 bits per heavy atom. The number of carbonyl (C=O) groups is 1. The Hall–Kier alpha value is -3.68. The molecule has 0 spiro atoms. The molecule has 7 nitrogen and oxygen atoms in total. The van der Waals surface area contributed by atoms with Gasteiger partial charge in [-0.05, 0) is 30.3 Å². The molecule has 0 unspecified atom stereocenters. The van der Waals surface area contributed by atoms with Crippen molar-refractivity contribution in [2.24, 2.45) is 0 Å². The summed E-state index contributed by atoms with van der Waals surface area (Å²) in [4.78, 5) is 24.1. The van der Waals surface area contributed by atoms with E-state index in [4.69, 9.17) is 0 Å². The molecular weight excluding hydrogens is 323 g/mol. The first-order valence-corrected chi connectivity index (χ1v) is 7.39. The monoisotopic (exact) mass is 334 g/mol. The zero-order valence-corrected chi connectivity index (χ0v) is 12.8. The maximum absolute atomic E-state index is 14.0. The molecule has 0 aliphatic carbocycles. The number of anilines is 1. The van der Waals surface area contributed by atoms with Gasteiger partial charge in [0, 0.05) is 11.8 Å². The summed E-state index contributed by atoms with van der Waals surface area (Å²) in [5.74, 6) is -0.430. The van der Waals surface area contributed by atoms with E-state index < -0.39 is 5.91 Å². The Morgan fingerprint density at radius 2 is 1.96 bits per heavy atom. The molecule has 25 heavy (non-hydrogen) atoms. The summed E-state index contributed by atoms with van der Waals surface area (Å²) < 4.78 is 15.4. The highest BCUT2D eigenvalue weighted by Crippen LogP contribution is 2.22. The number of carbonyl (C=O) groups excluding carboxylic acids is 1. The van der Waals surface area contributed by atoms with E-state index in [1.165, 1.54) is 35.4 Å². The number of imidazole rings is 1. The number of benzene rings is 1. The molecule has 0 aliphatic rings. The van der Waals surface area contributed by atoms with Crippen LogP contribution in [0, 0.1) is 5.82 Å². The molecule has 0 atom stereocenters. The van der Waals surface area contributed by atoms with Gasteiger partial charge in [-0.3, -0.25) is 4.79 Å². The van der Waals surface area contributed by atoms with Gasteiger partial charge in [0.2, 0.25) is 0 Å². The molecular formula is C17H11FN6O. The van der Waals surface area contributed by atoms with Crippen molar-refractivity contribution in [3.8, 4) is 11.3 Å². The molecule has 3 heterocycles. The van der Waals surface area contributed by atoms with E-state index in [-0.39, 0.29) is 11.5 Å². The number of hydrogen-bond donors (Lipinski definition) is 1. The van der Waals surface area contributed by atoms with Gasteiger partial charge in [0.25, 0.3) is 5.91 Å². The minimum atomic E-state index is -0.415. The highest BCUT2D eigenvalue weighted by atomic mass is 19.1. The van der Waals surface area contributed by atoms with Crippen LogP contribution < -0.4 is 5.32 Å². The highest BCUT2D eigenvalue weighted by molar-refractivity contribution is 6.02. The van der Waals surface area contributed by atoms with Crippen LogP contribution in [-0.2, 0) is 0 Å². The van der Waals surface area contributed by atoms with Crippen molar-refractivity contribution in [2.75, 3.05) is 5.32 Å². The van der Waals surface area contributed by atoms with Crippen LogP contribution in [0.4, 0.5) is 10.2 Å². The van der Waals surface area contributed by atoms with Crippen LogP contribution >= 0.6 is 0 Å². The van der Waals surface area contributed by atoms with Crippen molar-refractivity contribution in [3.63, 3.8) is 0 Å². The zero-order chi connectivity index (χ0) is 17.2. The summed E-state index contributed by atoms with van der Waals surface area (Å²) >= 11 is 0. The topological polar surface area (TPSA) is 85.1 Å². The standard InChI is InChI=1S/C17H11FN6O/c18-12-4-2-1-3-11(12)13-5-6-15-20-9-16(24(15)23-13)22-17(25)14-7-8-19-10-21-14/h1-10H,(H,22,25). The van der Waals surface area contributed by atoms with Crippen molar-refractivity contribution in [3.05, 3.63) is 72.7 Å². The second-order valence-corrected chi connectivity index (χ2v) is 5.16. The van der Waals surface area contributed by atoms with Crippen LogP contribution in [0.5, 0.6) is 0 Å². The summed E-state index contributed by atoms with van der Waals surface area (Å²) in [6, 6.07) is 11.2. The molecule has 0 saturated carbocycles. The van der Waals surface area contributed by atoms with Crippen molar-refractivity contribution >= 4 is 17.4 Å². The zero-order valence-electron chi connectivity index (χ0n) is 12.8. The molecule has 0 fully saturated rings. The Bertz CT molecular complexity index is 1060. The summed E-state index contributed by atoms with van der Waals surface area (Å²) in [5, 5.41) is 7.07. The summed E-state index contributed by atoms with van der Waals surface area (Å²) in [6.45, 7) is 0. The third-order valence-corrected chi connectivity index (χ3v) is 3.57. The molecule has 1 aromatic carbocycles. The molecule has 1 amide bonds. The fourth-order valence-electron chi connectivity index (χ4n) is 2.38. The van der Waals surface area contributed by atoms with Crippen LogP contribution in [0.2, 0.25) is 0 Å². The quantitative estimate of drug-likeness (QED) is 0.622. The number of halogens is 1. The number of nitrogens with zero attached hydrogens (tertiary/aromatic N) is 5. The Morgan fingerprint density at radius 1 is 1.08 bits per heavy atom. The van der Waals surface area contributed by atoms with E-state index in [0.717, 1.165) is 0 Å². The van der Waals surface area contributed by atoms with Gasteiger partial charge in [-0.15, -0.1) is 0 Å². The van der Waals surface area contributed by atoms with E-state index in [1.54, 1.807) is 30.3 Å². The molecule has 4 aromatic rings. The lowest BCUT2D eigenvalue weighted by atomic mass is 10.1. The van der Waals surface area contributed by atoms with Crippen molar-refractivity contribution in [1.29, 1.82) is 0 Å². The molecule has 0 saturated heterocycles. The fraction of sp³-hybridized carbons (Fsp3) is 0. The summed E-state index contributed by atoms with van der Waals surface area (Å²) in [6.07, 6.45) is 4.25. The molecule has 0 aliphatic heterocycles. The molecule has 1 N–H and O–H groups in total. The van der Waals surface area contributed by atoms with Crippen LogP contribution in [-0.4, -0.2) is 30.5 Å². The summed E-state index contributed by atoms with van der Waals surface area (Å²) in [5.41, 5.74) is 1.54. The average Bonchev–Trinajstić information content (AvgIpc) is 3.05. The maximum atomic E-state index is 14.0. The lowest BCUT2D eigenvalue weighted by Crippen LogP contribution is -2.15. The van der Waals surface area contributed by atoms with Gasteiger partial charge in [-0.2, -0.15) is 9.61 Å². The first kappa shape index (κ1) is 14.9. The highest BCUT2D eigenvalue weighted by Gasteiger charge is 2.13. The lowest BCUT2D eigenvalue weighted by Gasteiger charge is -2.06. The lowest BCUT2D eigenvalue weighted by molar-refractivity contribution is 0.102. The van der Waals surface area contributed by atoms with Gasteiger partial charge >= 0.3 is 0 Å². The van der Waals surface area contributed by atoms with Crippen LogP contribution in [0.3, 0.4) is 0 Å². The van der Waals surface area contributed by atoms with Crippen LogP contribution in [0.25, 0.3) is 16.9 Å². The largest absolute Gasteiger partial charge is 0.304 e. The molecule has 122 valence electrons. The minimum Gasteiger partial charge on any atom is -0.304 e. The number of fused-ring (bicyclic) bond motifs is 1. The van der Waals surface area contributed by atoms with E-state index in [2.05, 4.69) is 25.4 Å². The van der Waals surface area contributed by atoms with Gasteiger partial charge in [0.15, 0.2) is 11.5 Å². The molecule has 8 heteroatoms. The van der Waals surface area contributed by atoms with Gasteiger partial charge < -0.3 is 5.32 Å². The first-order chi connectivity index (χ1) is 12.2. The van der Waals surface area contributed by atoms with Crippen molar-refractivity contribution in [2.45, 2.75) is 0 Å². The van der Waals surface area contributed by atoms with Crippen molar-refractivity contribution in [1.82, 2.24) is 24.6 Å². The average molecular weight is 334 g/mol. The third-order valence-electron chi connectivity index (χ3n) is 3.57. The van der Waals surface area contributed by atoms with E-state index in [9.17, 15) is 9.18 Å². The van der Waals surface area contributed by atoms with E-state index in [1.807, 2.05) is 0 Å². The fourth-order valence-corrected chi connectivity index (χ4v) is 2.38. The van der Waals surface area contributed by atoms with Gasteiger partial charge in [-0.25, -0.2) is 19.3 Å². The molecule has 0 bridgehead atoms. The van der Waals surface area contributed by atoms with Gasteiger partial charge in [0.05, 0.1) is 11.9 Å². The van der Waals surface area contributed by atoms with Crippen LogP contribution in [0.15, 0.2) is 61.2 Å². The Kier molecular flexibility index (Phi) is 3.62. The number of rotatable bonds is 3.